The fourth-order valence-electron chi connectivity index (χ4n) is 4.71. The Morgan fingerprint density at radius 2 is 1.62 bits per heavy atom. The van der Waals surface area contributed by atoms with Crippen molar-refractivity contribution in [2.75, 3.05) is 38.8 Å². The number of methoxy groups -OCH3 is 1. The van der Waals surface area contributed by atoms with Crippen LogP contribution in [0.2, 0.25) is 0 Å². The second-order valence-corrected chi connectivity index (χ2v) is 9.31. The minimum atomic E-state index is -0.734. The molecule has 1 saturated heterocycles. The number of aromatic nitrogens is 1. The number of pyridine rings is 1. The van der Waals surface area contributed by atoms with Gasteiger partial charge in [0, 0.05) is 43.2 Å². The predicted octanol–water partition coefficient (Wildman–Crippen LogP) is 4.09. The van der Waals surface area contributed by atoms with Crippen molar-refractivity contribution < 1.29 is 19.1 Å². The number of ether oxygens (including phenoxy) is 1. The normalized spacial score (nSPS) is 13.8. The highest BCUT2D eigenvalue weighted by Crippen LogP contribution is 2.32. The third-order valence-corrected chi connectivity index (χ3v) is 6.77. The molecule has 9 nitrogen and oxygen atoms in total. The van der Waals surface area contributed by atoms with Crippen molar-refractivity contribution >= 4 is 34.5 Å². The Labute approximate surface area is 226 Å². The standard InChI is InChI=1S/C30H29N5O4/c1-33-17-18-34(20-26(33)36)19-24-27(29(37)32-35(30(38)39-2)22-13-7-4-8-14-22)23-15-9-10-16-25(23)31-28(24)21-11-5-3-6-12-21/h3-16H,17-20H2,1-2H3,(H,32,37). The van der Waals surface area contributed by atoms with Crippen molar-refractivity contribution in [1.29, 1.82) is 0 Å². The molecule has 0 atom stereocenters. The fraction of sp³-hybridized carbons (Fsp3) is 0.200. The number of nitrogens with zero attached hydrogens (tertiary/aromatic N) is 4. The first-order valence-electron chi connectivity index (χ1n) is 12.6. The van der Waals surface area contributed by atoms with Crippen LogP contribution in [0.3, 0.4) is 0 Å². The molecule has 1 aliphatic heterocycles. The van der Waals surface area contributed by atoms with E-state index in [-0.39, 0.29) is 12.5 Å². The highest BCUT2D eigenvalue weighted by Gasteiger charge is 2.29. The lowest BCUT2D eigenvalue weighted by molar-refractivity contribution is -0.134. The van der Waals surface area contributed by atoms with E-state index in [2.05, 4.69) is 5.43 Å². The Hall–Kier alpha value is -4.76. The van der Waals surface area contributed by atoms with Gasteiger partial charge in [-0.05, 0) is 18.2 Å². The molecule has 2 heterocycles. The molecule has 0 saturated carbocycles. The molecule has 0 spiro atoms. The van der Waals surface area contributed by atoms with Crippen LogP contribution in [0.5, 0.6) is 0 Å². The second-order valence-electron chi connectivity index (χ2n) is 9.31. The van der Waals surface area contributed by atoms with Gasteiger partial charge in [-0.1, -0.05) is 66.7 Å². The van der Waals surface area contributed by atoms with E-state index in [1.807, 2.05) is 65.6 Å². The zero-order chi connectivity index (χ0) is 27.4. The molecule has 4 aromatic rings. The SMILES string of the molecule is COC(=O)N(NC(=O)c1c(CN2CCN(C)C(=O)C2)c(-c2ccccc2)nc2ccccc12)c1ccccc1. The Bertz CT molecular complexity index is 1510. The molecule has 0 radical (unpaired) electrons. The first-order valence-corrected chi connectivity index (χ1v) is 12.6. The first-order chi connectivity index (χ1) is 19.0. The van der Waals surface area contributed by atoms with E-state index < -0.39 is 12.0 Å². The quantitative estimate of drug-likeness (QED) is 0.396. The average molecular weight is 524 g/mol. The molecule has 3 amide bonds. The topological polar surface area (TPSA) is 95.1 Å². The maximum Gasteiger partial charge on any atom is 0.433 e. The number of hydrogen-bond donors (Lipinski definition) is 1. The summed E-state index contributed by atoms with van der Waals surface area (Å²) < 4.78 is 4.97. The van der Waals surface area contributed by atoms with E-state index in [0.29, 0.717) is 53.0 Å². The number of amides is 3. The Balaban J connectivity index is 1.66. The molecule has 0 bridgehead atoms. The number of piperazine rings is 1. The van der Waals surface area contributed by atoms with Crippen LogP contribution in [0.25, 0.3) is 22.2 Å². The maximum absolute atomic E-state index is 14.1. The maximum atomic E-state index is 14.1. The van der Waals surface area contributed by atoms with E-state index in [4.69, 9.17) is 9.72 Å². The van der Waals surface area contributed by atoms with Crippen LogP contribution in [0, 0.1) is 0 Å². The summed E-state index contributed by atoms with van der Waals surface area (Å²) in [6, 6.07) is 25.8. The van der Waals surface area contributed by atoms with Gasteiger partial charge in [0.1, 0.15) is 0 Å². The lowest BCUT2D eigenvalue weighted by Crippen LogP contribution is -2.49. The molecule has 3 aromatic carbocycles. The highest BCUT2D eigenvalue weighted by atomic mass is 16.5. The zero-order valence-electron chi connectivity index (χ0n) is 21.8. The van der Waals surface area contributed by atoms with E-state index >= 15 is 0 Å². The van der Waals surface area contributed by atoms with Gasteiger partial charge < -0.3 is 9.64 Å². The molecule has 0 unspecified atom stereocenters. The third kappa shape index (κ3) is 5.44. The van der Waals surface area contributed by atoms with E-state index in [0.717, 1.165) is 10.6 Å². The van der Waals surface area contributed by atoms with Crippen LogP contribution in [0.15, 0.2) is 84.9 Å². The lowest BCUT2D eigenvalue weighted by atomic mass is 9.95. The molecular weight excluding hydrogens is 494 g/mol. The van der Waals surface area contributed by atoms with Gasteiger partial charge in [0.2, 0.25) is 5.91 Å². The molecule has 0 aliphatic carbocycles. The van der Waals surface area contributed by atoms with Crippen LogP contribution >= 0.6 is 0 Å². The molecule has 1 aliphatic rings. The Morgan fingerprint density at radius 1 is 0.949 bits per heavy atom. The molecular formula is C30H29N5O4. The number of fused-ring (bicyclic) bond motifs is 1. The van der Waals surface area contributed by atoms with E-state index in [1.54, 1.807) is 36.2 Å². The van der Waals surface area contributed by atoms with E-state index in [1.165, 1.54) is 7.11 Å². The number of nitrogens with one attached hydrogen (secondary N) is 1. The summed E-state index contributed by atoms with van der Waals surface area (Å²) in [5.74, 6) is -0.473. The monoisotopic (exact) mass is 523 g/mol. The van der Waals surface area contributed by atoms with Gasteiger partial charge in [-0.25, -0.2) is 9.78 Å². The molecule has 9 heteroatoms. The van der Waals surface area contributed by atoms with Gasteiger partial charge in [0.05, 0.1) is 36.1 Å². The smallest absolute Gasteiger partial charge is 0.433 e. The van der Waals surface area contributed by atoms with Crippen LogP contribution in [0.1, 0.15) is 15.9 Å². The molecule has 1 fully saturated rings. The fourth-order valence-corrected chi connectivity index (χ4v) is 4.71. The number of carbonyl (C=O) groups excluding carboxylic acids is 3. The number of rotatable bonds is 5. The van der Waals surface area contributed by atoms with Crippen molar-refractivity contribution in [2.45, 2.75) is 6.54 Å². The lowest BCUT2D eigenvalue weighted by Gasteiger charge is -2.33. The average Bonchev–Trinajstić information content (AvgIpc) is 2.97. The summed E-state index contributed by atoms with van der Waals surface area (Å²) in [5.41, 5.74) is 6.41. The van der Waals surface area contributed by atoms with Gasteiger partial charge in [-0.15, -0.1) is 0 Å². The first kappa shape index (κ1) is 25.9. The predicted molar refractivity (Wildman–Crippen MR) is 149 cm³/mol. The largest absolute Gasteiger partial charge is 0.451 e. The summed E-state index contributed by atoms with van der Waals surface area (Å²) in [6.45, 7) is 1.81. The number of likely N-dealkylation sites (N-methyl/N-ethyl adjacent to an activating group) is 1. The Morgan fingerprint density at radius 3 is 2.31 bits per heavy atom. The Kier molecular flexibility index (Phi) is 7.51. The summed E-state index contributed by atoms with van der Waals surface area (Å²) in [4.78, 5) is 48.1. The molecule has 5 rings (SSSR count). The van der Waals surface area contributed by atoms with Gasteiger partial charge >= 0.3 is 6.09 Å². The minimum absolute atomic E-state index is 0.0169. The summed E-state index contributed by atoms with van der Waals surface area (Å²) >= 11 is 0. The number of carbonyl (C=O) groups is 3. The number of hydrogen-bond acceptors (Lipinski definition) is 6. The van der Waals surface area contributed by atoms with E-state index in [9.17, 15) is 14.4 Å². The molecule has 198 valence electrons. The van der Waals surface area contributed by atoms with Gasteiger partial charge in [0.25, 0.3) is 5.91 Å². The van der Waals surface area contributed by atoms with Crippen LogP contribution in [-0.4, -0.2) is 66.5 Å². The number of para-hydroxylation sites is 2. The summed E-state index contributed by atoms with van der Waals surface area (Å²) in [6.07, 6.45) is -0.734. The number of anilines is 1. The zero-order valence-corrected chi connectivity index (χ0v) is 21.8. The highest BCUT2D eigenvalue weighted by molar-refractivity contribution is 6.10. The van der Waals surface area contributed by atoms with Crippen molar-refractivity contribution in [3.63, 3.8) is 0 Å². The number of benzene rings is 3. The van der Waals surface area contributed by atoms with Crippen molar-refractivity contribution in [2.24, 2.45) is 0 Å². The van der Waals surface area contributed by atoms with Gasteiger partial charge in [0.15, 0.2) is 0 Å². The van der Waals surface area contributed by atoms with Crippen LogP contribution in [-0.2, 0) is 16.1 Å². The third-order valence-electron chi connectivity index (χ3n) is 6.77. The number of hydrazine groups is 1. The summed E-state index contributed by atoms with van der Waals surface area (Å²) in [7, 11) is 3.05. The van der Waals surface area contributed by atoms with Crippen molar-refractivity contribution in [1.82, 2.24) is 20.2 Å². The van der Waals surface area contributed by atoms with Crippen LogP contribution < -0.4 is 10.4 Å². The minimum Gasteiger partial charge on any atom is -0.451 e. The molecule has 39 heavy (non-hydrogen) atoms. The molecule has 1 N–H and O–H groups in total. The van der Waals surface area contributed by atoms with Gasteiger partial charge in [-0.2, -0.15) is 5.01 Å². The van der Waals surface area contributed by atoms with Gasteiger partial charge in [-0.3, -0.25) is 19.9 Å². The van der Waals surface area contributed by atoms with Crippen LogP contribution in [0.4, 0.5) is 10.5 Å². The molecule has 1 aromatic heterocycles. The van der Waals surface area contributed by atoms with Crippen molar-refractivity contribution in [3.05, 3.63) is 96.1 Å². The summed E-state index contributed by atoms with van der Waals surface area (Å²) in [5, 5.41) is 1.73. The second kappa shape index (κ2) is 11.3. The van der Waals surface area contributed by atoms with Crippen molar-refractivity contribution in [3.8, 4) is 11.3 Å².